The van der Waals surface area contributed by atoms with Crippen LogP contribution < -0.4 is 4.74 Å². The normalized spacial score (nSPS) is 20.3. The molecule has 2 fully saturated rings. The first-order chi connectivity index (χ1) is 8.75. The lowest BCUT2D eigenvalue weighted by atomic mass is 10.0. The fourth-order valence-electron chi connectivity index (χ4n) is 3.01. The highest BCUT2D eigenvalue weighted by Crippen LogP contribution is 2.43. The SMILES string of the molecule is Cc1c(C2CC2)ccc(OCC2CCCC2)c1F. The average molecular weight is 248 g/mol. The van der Waals surface area contributed by atoms with E-state index in [-0.39, 0.29) is 5.82 Å². The first kappa shape index (κ1) is 12.0. The summed E-state index contributed by atoms with van der Waals surface area (Å²) in [6.07, 6.45) is 7.50. The molecule has 1 nitrogen and oxygen atoms in total. The monoisotopic (exact) mass is 248 g/mol. The molecule has 0 atom stereocenters. The Morgan fingerprint density at radius 2 is 1.89 bits per heavy atom. The molecular formula is C16H21FO. The molecule has 0 aliphatic heterocycles. The Morgan fingerprint density at radius 3 is 2.56 bits per heavy atom. The number of ether oxygens (including phenoxy) is 1. The molecule has 0 saturated heterocycles. The van der Waals surface area contributed by atoms with E-state index in [0.717, 1.165) is 5.56 Å². The summed E-state index contributed by atoms with van der Waals surface area (Å²) in [4.78, 5) is 0. The van der Waals surface area contributed by atoms with E-state index in [4.69, 9.17) is 4.74 Å². The van der Waals surface area contributed by atoms with Crippen molar-refractivity contribution in [2.45, 2.75) is 51.4 Å². The molecule has 0 heterocycles. The van der Waals surface area contributed by atoms with Crippen molar-refractivity contribution in [1.29, 1.82) is 0 Å². The van der Waals surface area contributed by atoms with Crippen LogP contribution in [0.25, 0.3) is 0 Å². The predicted octanol–water partition coefficient (Wildman–Crippen LogP) is 4.58. The molecule has 1 aromatic carbocycles. The molecule has 2 heteroatoms. The van der Waals surface area contributed by atoms with Gasteiger partial charge in [0, 0.05) is 0 Å². The molecule has 0 amide bonds. The van der Waals surface area contributed by atoms with Gasteiger partial charge < -0.3 is 4.74 Å². The van der Waals surface area contributed by atoms with E-state index in [9.17, 15) is 4.39 Å². The highest BCUT2D eigenvalue weighted by Gasteiger charge is 2.27. The number of hydrogen-bond donors (Lipinski definition) is 0. The molecule has 0 spiro atoms. The van der Waals surface area contributed by atoms with E-state index in [0.29, 0.717) is 24.2 Å². The maximum atomic E-state index is 14.2. The number of hydrogen-bond acceptors (Lipinski definition) is 1. The van der Waals surface area contributed by atoms with Crippen LogP contribution in [0.1, 0.15) is 55.6 Å². The minimum Gasteiger partial charge on any atom is -0.490 e. The molecule has 0 aromatic heterocycles. The minimum absolute atomic E-state index is 0.141. The van der Waals surface area contributed by atoms with Crippen LogP contribution in [0.5, 0.6) is 5.75 Å². The summed E-state index contributed by atoms with van der Waals surface area (Å²) in [5.41, 5.74) is 1.97. The summed E-state index contributed by atoms with van der Waals surface area (Å²) < 4.78 is 19.9. The zero-order valence-corrected chi connectivity index (χ0v) is 11.0. The van der Waals surface area contributed by atoms with Gasteiger partial charge in [-0.3, -0.25) is 0 Å². The highest BCUT2D eigenvalue weighted by molar-refractivity contribution is 5.40. The van der Waals surface area contributed by atoms with Gasteiger partial charge in [0.05, 0.1) is 6.61 Å². The third kappa shape index (κ3) is 2.38. The van der Waals surface area contributed by atoms with Crippen molar-refractivity contribution in [3.05, 3.63) is 29.1 Å². The highest BCUT2D eigenvalue weighted by atomic mass is 19.1. The Hall–Kier alpha value is -1.05. The molecule has 0 radical (unpaired) electrons. The molecule has 1 aromatic rings. The van der Waals surface area contributed by atoms with Crippen LogP contribution in [0.15, 0.2) is 12.1 Å². The molecule has 2 aliphatic rings. The van der Waals surface area contributed by atoms with Crippen molar-refractivity contribution in [2.75, 3.05) is 6.61 Å². The Labute approximate surface area is 108 Å². The summed E-state index contributed by atoms with van der Waals surface area (Å²) >= 11 is 0. The smallest absolute Gasteiger partial charge is 0.168 e. The summed E-state index contributed by atoms with van der Waals surface area (Å²) in [6.45, 7) is 2.56. The van der Waals surface area contributed by atoms with Crippen LogP contribution in [0.4, 0.5) is 4.39 Å². The van der Waals surface area contributed by atoms with E-state index < -0.39 is 0 Å². The first-order valence-corrected chi connectivity index (χ1v) is 7.17. The average Bonchev–Trinajstić information content (AvgIpc) is 3.07. The fraction of sp³-hybridized carbons (Fsp3) is 0.625. The van der Waals surface area contributed by atoms with E-state index in [1.165, 1.54) is 44.1 Å². The molecule has 0 N–H and O–H groups in total. The van der Waals surface area contributed by atoms with Crippen molar-refractivity contribution < 1.29 is 9.13 Å². The molecule has 2 saturated carbocycles. The molecular weight excluding hydrogens is 227 g/mol. The lowest BCUT2D eigenvalue weighted by molar-refractivity contribution is 0.241. The second-order valence-corrected chi connectivity index (χ2v) is 5.83. The quantitative estimate of drug-likeness (QED) is 0.757. The van der Waals surface area contributed by atoms with Crippen LogP contribution in [-0.2, 0) is 0 Å². The van der Waals surface area contributed by atoms with Crippen molar-refractivity contribution in [1.82, 2.24) is 0 Å². The lowest BCUT2D eigenvalue weighted by Gasteiger charge is -2.14. The largest absolute Gasteiger partial charge is 0.490 e. The second-order valence-electron chi connectivity index (χ2n) is 5.83. The van der Waals surface area contributed by atoms with Gasteiger partial charge >= 0.3 is 0 Å². The van der Waals surface area contributed by atoms with Gasteiger partial charge in [0.2, 0.25) is 0 Å². The van der Waals surface area contributed by atoms with Crippen LogP contribution >= 0.6 is 0 Å². The van der Waals surface area contributed by atoms with Gasteiger partial charge in [0.15, 0.2) is 11.6 Å². The standard InChI is InChI=1S/C16H21FO/c1-11-14(13-6-7-13)8-9-15(16(11)17)18-10-12-4-2-3-5-12/h8-9,12-13H,2-7,10H2,1H3. The van der Waals surface area contributed by atoms with Gasteiger partial charge in [0.25, 0.3) is 0 Å². The topological polar surface area (TPSA) is 9.23 Å². The fourth-order valence-corrected chi connectivity index (χ4v) is 3.01. The Bertz CT molecular complexity index is 431. The van der Waals surface area contributed by atoms with Crippen molar-refractivity contribution in [3.8, 4) is 5.75 Å². The molecule has 3 rings (SSSR count). The van der Waals surface area contributed by atoms with Crippen LogP contribution in [-0.4, -0.2) is 6.61 Å². The molecule has 18 heavy (non-hydrogen) atoms. The van der Waals surface area contributed by atoms with Crippen molar-refractivity contribution in [3.63, 3.8) is 0 Å². The number of benzene rings is 1. The van der Waals surface area contributed by atoms with Gasteiger partial charge in [-0.25, -0.2) is 4.39 Å². The molecule has 0 unspecified atom stereocenters. The van der Waals surface area contributed by atoms with Crippen molar-refractivity contribution in [2.24, 2.45) is 5.92 Å². The number of rotatable bonds is 4. The third-order valence-corrected chi connectivity index (χ3v) is 4.36. The van der Waals surface area contributed by atoms with Gasteiger partial charge in [0.1, 0.15) is 0 Å². The van der Waals surface area contributed by atoms with Gasteiger partial charge in [-0.15, -0.1) is 0 Å². The maximum Gasteiger partial charge on any atom is 0.168 e. The van der Waals surface area contributed by atoms with E-state index >= 15 is 0 Å². The van der Waals surface area contributed by atoms with Gasteiger partial charge in [-0.05, 0) is 61.6 Å². The molecule has 98 valence electrons. The lowest BCUT2D eigenvalue weighted by Crippen LogP contribution is -2.09. The zero-order valence-electron chi connectivity index (χ0n) is 11.0. The summed E-state index contributed by atoms with van der Waals surface area (Å²) in [5, 5.41) is 0. The van der Waals surface area contributed by atoms with Gasteiger partial charge in [-0.1, -0.05) is 18.9 Å². The number of halogens is 1. The molecule has 2 aliphatic carbocycles. The Kier molecular flexibility index (Phi) is 3.27. The second kappa shape index (κ2) is 4.91. The summed E-state index contributed by atoms with van der Waals surface area (Å²) in [6, 6.07) is 3.88. The third-order valence-electron chi connectivity index (χ3n) is 4.36. The summed E-state index contributed by atoms with van der Waals surface area (Å²) in [5.74, 6) is 1.54. The maximum absolute atomic E-state index is 14.2. The van der Waals surface area contributed by atoms with Gasteiger partial charge in [-0.2, -0.15) is 0 Å². The van der Waals surface area contributed by atoms with E-state index in [2.05, 4.69) is 6.07 Å². The Morgan fingerprint density at radius 1 is 1.17 bits per heavy atom. The minimum atomic E-state index is -0.141. The zero-order chi connectivity index (χ0) is 12.5. The van der Waals surface area contributed by atoms with E-state index in [1.54, 1.807) is 0 Å². The van der Waals surface area contributed by atoms with Crippen molar-refractivity contribution >= 4 is 0 Å². The van der Waals surface area contributed by atoms with E-state index in [1.807, 2.05) is 13.0 Å². The Balaban J connectivity index is 1.69. The van der Waals surface area contributed by atoms with Crippen LogP contribution in [0.2, 0.25) is 0 Å². The first-order valence-electron chi connectivity index (χ1n) is 7.17. The summed E-state index contributed by atoms with van der Waals surface area (Å²) in [7, 11) is 0. The molecule has 0 bridgehead atoms. The van der Waals surface area contributed by atoms with Crippen LogP contribution in [0, 0.1) is 18.7 Å². The predicted molar refractivity (Wildman–Crippen MR) is 70.6 cm³/mol. The van der Waals surface area contributed by atoms with Crippen LogP contribution in [0.3, 0.4) is 0 Å².